The third-order valence-corrected chi connectivity index (χ3v) is 2.64. The summed E-state index contributed by atoms with van der Waals surface area (Å²) in [4.78, 5) is 11.3. The van der Waals surface area contributed by atoms with Gasteiger partial charge in [0.05, 0.1) is 23.1 Å². The van der Waals surface area contributed by atoms with E-state index in [2.05, 4.69) is 5.10 Å². The smallest absolute Gasteiger partial charge is 0.163 e. The second-order valence-corrected chi connectivity index (χ2v) is 3.95. The highest BCUT2D eigenvalue weighted by atomic mass is 16.1. The molecule has 16 heavy (non-hydrogen) atoms. The summed E-state index contributed by atoms with van der Waals surface area (Å²) < 4.78 is 1.80. The number of nitrogens with zero attached hydrogens (tertiary/aromatic N) is 2. The fourth-order valence-corrected chi connectivity index (χ4v) is 1.78. The summed E-state index contributed by atoms with van der Waals surface area (Å²) >= 11 is 0. The Labute approximate surface area is 94.7 Å². The Morgan fingerprint density at radius 2 is 2.06 bits per heavy atom. The van der Waals surface area contributed by atoms with Gasteiger partial charge in [0.2, 0.25) is 0 Å². The summed E-state index contributed by atoms with van der Waals surface area (Å²) in [5.74, 6) is 0.0522. The minimum absolute atomic E-state index is 0.0522. The molecule has 0 aliphatic carbocycles. The molecule has 1 heterocycles. The van der Waals surface area contributed by atoms with Crippen molar-refractivity contribution in [3.05, 3.63) is 47.3 Å². The first-order chi connectivity index (χ1) is 7.59. The molecule has 0 spiro atoms. The molecular weight excluding hydrogens is 200 g/mol. The van der Waals surface area contributed by atoms with E-state index in [0.29, 0.717) is 5.56 Å². The molecule has 0 N–H and O–H groups in total. The van der Waals surface area contributed by atoms with Crippen molar-refractivity contribution >= 4 is 5.78 Å². The molecular formula is C13H14N2O. The van der Waals surface area contributed by atoms with Gasteiger partial charge in [0.15, 0.2) is 5.78 Å². The number of hydrogen-bond acceptors (Lipinski definition) is 2. The molecule has 0 aliphatic rings. The van der Waals surface area contributed by atoms with Gasteiger partial charge < -0.3 is 0 Å². The van der Waals surface area contributed by atoms with Gasteiger partial charge in [-0.05, 0) is 38.5 Å². The maximum Gasteiger partial charge on any atom is 0.163 e. The van der Waals surface area contributed by atoms with E-state index in [1.54, 1.807) is 17.8 Å². The van der Waals surface area contributed by atoms with Crippen molar-refractivity contribution < 1.29 is 4.79 Å². The average molecular weight is 214 g/mol. The molecule has 0 bridgehead atoms. The van der Waals surface area contributed by atoms with Crippen molar-refractivity contribution in [3.63, 3.8) is 0 Å². The fourth-order valence-electron chi connectivity index (χ4n) is 1.78. The van der Waals surface area contributed by atoms with Crippen molar-refractivity contribution in [2.24, 2.45) is 0 Å². The lowest BCUT2D eigenvalue weighted by Gasteiger charge is -2.05. The third kappa shape index (κ3) is 1.76. The molecule has 0 unspecified atom stereocenters. The average Bonchev–Trinajstić information content (AvgIpc) is 2.60. The number of carbonyl (C=O) groups excluding carboxylic acids is 1. The quantitative estimate of drug-likeness (QED) is 0.720. The SMILES string of the molecule is CC(=O)c1cnn(-c2cccc(C)c2)c1C. The van der Waals surface area contributed by atoms with Crippen molar-refractivity contribution in [1.82, 2.24) is 9.78 Å². The summed E-state index contributed by atoms with van der Waals surface area (Å²) in [7, 11) is 0. The van der Waals surface area contributed by atoms with Gasteiger partial charge in [-0.3, -0.25) is 4.79 Å². The molecule has 0 aliphatic heterocycles. The molecule has 3 nitrogen and oxygen atoms in total. The monoisotopic (exact) mass is 214 g/mol. The molecule has 0 atom stereocenters. The molecule has 2 rings (SSSR count). The maximum atomic E-state index is 11.3. The predicted octanol–water partition coefficient (Wildman–Crippen LogP) is 2.69. The molecule has 3 heteroatoms. The molecule has 0 saturated heterocycles. The maximum absolute atomic E-state index is 11.3. The van der Waals surface area contributed by atoms with E-state index in [1.807, 2.05) is 38.1 Å². The predicted molar refractivity (Wildman–Crippen MR) is 63.0 cm³/mol. The van der Waals surface area contributed by atoms with Crippen LogP contribution in [0, 0.1) is 13.8 Å². The van der Waals surface area contributed by atoms with Gasteiger partial charge in [0.25, 0.3) is 0 Å². The molecule has 0 fully saturated rings. The Hall–Kier alpha value is -1.90. The molecule has 0 saturated carbocycles. The van der Waals surface area contributed by atoms with Gasteiger partial charge >= 0.3 is 0 Å². The molecule has 0 radical (unpaired) electrons. The van der Waals surface area contributed by atoms with Gasteiger partial charge in [0, 0.05) is 0 Å². The van der Waals surface area contributed by atoms with Crippen molar-refractivity contribution in [2.75, 3.05) is 0 Å². The van der Waals surface area contributed by atoms with Crippen LogP contribution in [0.4, 0.5) is 0 Å². The van der Waals surface area contributed by atoms with Crippen LogP contribution in [0.1, 0.15) is 28.5 Å². The Bertz CT molecular complexity index is 541. The van der Waals surface area contributed by atoms with Gasteiger partial charge in [-0.25, -0.2) is 4.68 Å². The highest BCUT2D eigenvalue weighted by Gasteiger charge is 2.11. The lowest BCUT2D eigenvalue weighted by Crippen LogP contribution is -2.01. The zero-order chi connectivity index (χ0) is 11.7. The largest absolute Gasteiger partial charge is 0.294 e. The van der Waals surface area contributed by atoms with Crippen molar-refractivity contribution in [3.8, 4) is 5.69 Å². The van der Waals surface area contributed by atoms with E-state index in [1.165, 1.54) is 5.56 Å². The number of ketones is 1. The van der Waals surface area contributed by atoms with Crippen LogP contribution in [-0.4, -0.2) is 15.6 Å². The highest BCUT2D eigenvalue weighted by Crippen LogP contribution is 2.15. The molecule has 0 amide bonds. The van der Waals surface area contributed by atoms with Gasteiger partial charge in [-0.2, -0.15) is 5.10 Å². The molecule has 1 aromatic heterocycles. The number of aromatic nitrogens is 2. The normalized spacial score (nSPS) is 10.4. The van der Waals surface area contributed by atoms with Crippen molar-refractivity contribution in [1.29, 1.82) is 0 Å². The number of Topliss-reactive ketones (excluding diaryl/α,β-unsaturated/α-hetero) is 1. The summed E-state index contributed by atoms with van der Waals surface area (Å²) in [6.07, 6.45) is 1.62. The lowest BCUT2D eigenvalue weighted by molar-refractivity contribution is 0.101. The topological polar surface area (TPSA) is 34.9 Å². The molecule has 1 aromatic carbocycles. The van der Waals surface area contributed by atoms with E-state index in [-0.39, 0.29) is 5.78 Å². The second kappa shape index (κ2) is 3.93. The van der Waals surface area contributed by atoms with Crippen LogP contribution >= 0.6 is 0 Å². The van der Waals surface area contributed by atoms with E-state index in [0.717, 1.165) is 11.4 Å². The van der Waals surface area contributed by atoms with Gasteiger partial charge in [-0.15, -0.1) is 0 Å². The van der Waals surface area contributed by atoms with Crippen LogP contribution in [0.25, 0.3) is 5.69 Å². The number of hydrogen-bond donors (Lipinski definition) is 0. The summed E-state index contributed by atoms with van der Waals surface area (Å²) in [6, 6.07) is 8.05. The number of rotatable bonds is 2. The number of aryl methyl sites for hydroxylation is 1. The van der Waals surface area contributed by atoms with Crippen LogP contribution < -0.4 is 0 Å². The zero-order valence-corrected chi connectivity index (χ0v) is 9.69. The van der Waals surface area contributed by atoms with Gasteiger partial charge in [-0.1, -0.05) is 12.1 Å². The van der Waals surface area contributed by atoms with Crippen LogP contribution in [0.3, 0.4) is 0 Å². The Balaban J connectivity index is 2.53. The Kier molecular flexibility index (Phi) is 2.60. The first-order valence-electron chi connectivity index (χ1n) is 5.22. The van der Waals surface area contributed by atoms with E-state index >= 15 is 0 Å². The van der Waals surface area contributed by atoms with Crippen LogP contribution in [0.5, 0.6) is 0 Å². The van der Waals surface area contributed by atoms with Crippen molar-refractivity contribution in [2.45, 2.75) is 20.8 Å². The molecule has 82 valence electrons. The standard InChI is InChI=1S/C13H14N2O/c1-9-5-4-6-12(7-9)15-10(2)13(8-14-15)11(3)16/h4-8H,1-3H3. The Morgan fingerprint density at radius 1 is 1.31 bits per heavy atom. The van der Waals surface area contributed by atoms with E-state index in [4.69, 9.17) is 0 Å². The number of carbonyl (C=O) groups is 1. The van der Waals surface area contributed by atoms with Crippen LogP contribution in [-0.2, 0) is 0 Å². The third-order valence-electron chi connectivity index (χ3n) is 2.64. The van der Waals surface area contributed by atoms with Crippen LogP contribution in [0.2, 0.25) is 0 Å². The van der Waals surface area contributed by atoms with E-state index in [9.17, 15) is 4.79 Å². The molecule has 2 aromatic rings. The summed E-state index contributed by atoms with van der Waals surface area (Å²) in [6.45, 7) is 5.50. The number of benzene rings is 1. The summed E-state index contributed by atoms with van der Waals surface area (Å²) in [5, 5.41) is 4.24. The fraction of sp³-hybridized carbons (Fsp3) is 0.231. The zero-order valence-electron chi connectivity index (χ0n) is 9.69. The first kappa shape index (κ1) is 10.6. The second-order valence-electron chi connectivity index (χ2n) is 3.95. The van der Waals surface area contributed by atoms with Gasteiger partial charge in [0.1, 0.15) is 0 Å². The first-order valence-corrected chi connectivity index (χ1v) is 5.22. The minimum Gasteiger partial charge on any atom is -0.294 e. The summed E-state index contributed by atoms with van der Waals surface area (Å²) in [5.41, 5.74) is 3.74. The van der Waals surface area contributed by atoms with E-state index < -0.39 is 0 Å². The Morgan fingerprint density at radius 3 is 2.62 bits per heavy atom. The van der Waals surface area contributed by atoms with Crippen LogP contribution in [0.15, 0.2) is 30.5 Å². The highest BCUT2D eigenvalue weighted by molar-refractivity contribution is 5.95. The lowest BCUT2D eigenvalue weighted by atomic mass is 10.2. The minimum atomic E-state index is 0.0522.